The van der Waals surface area contributed by atoms with E-state index in [1.54, 1.807) is 12.1 Å². The number of anilines is 1. The zero-order valence-corrected chi connectivity index (χ0v) is 18.0. The fourth-order valence-electron chi connectivity index (χ4n) is 3.27. The number of carbonyl (C=O) groups excluding carboxylic acids is 1. The van der Waals surface area contributed by atoms with Crippen LogP contribution in [0, 0.1) is 11.6 Å². The van der Waals surface area contributed by atoms with E-state index in [-0.39, 0.29) is 16.3 Å². The fraction of sp³-hybridized carbons (Fsp3) is 0.348. The van der Waals surface area contributed by atoms with Crippen LogP contribution in [-0.2, 0) is 0 Å². The van der Waals surface area contributed by atoms with Gasteiger partial charge in [0.05, 0.1) is 16.3 Å². The van der Waals surface area contributed by atoms with E-state index in [0.29, 0.717) is 11.6 Å². The molecule has 1 aliphatic rings. The number of benzene rings is 2. The average Bonchev–Trinajstić information content (AvgIpc) is 2.71. The van der Waals surface area contributed by atoms with Crippen molar-refractivity contribution in [2.24, 2.45) is 0 Å². The zero-order valence-electron chi connectivity index (χ0n) is 17.2. The summed E-state index contributed by atoms with van der Waals surface area (Å²) in [6.07, 6.45) is 4.67. The van der Waals surface area contributed by atoms with Crippen LogP contribution in [-0.4, -0.2) is 30.9 Å². The van der Waals surface area contributed by atoms with E-state index in [0.717, 1.165) is 37.0 Å². The fourth-order valence-corrected chi connectivity index (χ4v) is 3.53. The van der Waals surface area contributed by atoms with Crippen LogP contribution in [0.15, 0.2) is 42.5 Å². The van der Waals surface area contributed by atoms with Crippen molar-refractivity contribution >= 4 is 28.8 Å². The summed E-state index contributed by atoms with van der Waals surface area (Å²) in [6, 6.07) is 8.86. The van der Waals surface area contributed by atoms with Crippen molar-refractivity contribution in [2.75, 3.05) is 19.4 Å². The van der Waals surface area contributed by atoms with Gasteiger partial charge in [0.25, 0.3) is 5.91 Å². The van der Waals surface area contributed by atoms with Gasteiger partial charge in [-0.3, -0.25) is 4.79 Å². The third-order valence-electron chi connectivity index (χ3n) is 4.88. The van der Waals surface area contributed by atoms with Gasteiger partial charge in [0.15, 0.2) is 5.82 Å². The normalized spacial score (nSPS) is 16.0. The van der Waals surface area contributed by atoms with Gasteiger partial charge in [-0.2, -0.15) is 0 Å². The number of nitrogens with zero attached hydrogens (tertiary/aromatic N) is 1. The molecule has 1 aliphatic carbocycles. The largest absolute Gasteiger partial charge is 0.319 e. The number of nitrogens with one attached hydrogen (secondary N) is 1. The number of allylic oxidation sites excluding steroid dienone is 1. The summed E-state index contributed by atoms with van der Waals surface area (Å²) in [6.45, 7) is 4.00. The van der Waals surface area contributed by atoms with E-state index in [9.17, 15) is 13.6 Å². The highest BCUT2D eigenvalue weighted by Crippen LogP contribution is 2.32. The van der Waals surface area contributed by atoms with E-state index in [2.05, 4.69) is 16.3 Å². The van der Waals surface area contributed by atoms with Crippen molar-refractivity contribution in [2.45, 2.75) is 39.2 Å². The summed E-state index contributed by atoms with van der Waals surface area (Å²) in [5, 5.41) is 2.52. The predicted molar refractivity (Wildman–Crippen MR) is 116 cm³/mol. The molecular weight excluding hydrogens is 394 g/mol. The Morgan fingerprint density at radius 3 is 2.48 bits per heavy atom. The Morgan fingerprint density at radius 1 is 1.17 bits per heavy atom. The van der Waals surface area contributed by atoms with E-state index >= 15 is 0 Å². The molecule has 0 saturated heterocycles. The summed E-state index contributed by atoms with van der Waals surface area (Å²) < 4.78 is 28.1. The second kappa shape index (κ2) is 10.5. The molecule has 1 amide bonds. The molecule has 0 saturated carbocycles. The Labute approximate surface area is 176 Å². The van der Waals surface area contributed by atoms with Gasteiger partial charge in [0.2, 0.25) is 0 Å². The molecule has 3 rings (SSSR count). The molecule has 1 unspecified atom stereocenters. The lowest BCUT2D eigenvalue weighted by Gasteiger charge is -2.28. The van der Waals surface area contributed by atoms with Crippen molar-refractivity contribution in [1.82, 2.24) is 4.90 Å². The minimum Gasteiger partial charge on any atom is -0.319 e. The highest BCUT2D eigenvalue weighted by molar-refractivity contribution is 6.34. The number of rotatable bonds is 4. The van der Waals surface area contributed by atoms with Gasteiger partial charge in [0, 0.05) is 11.6 Å². The molecule has 1 atom stereocenters. The van der Waals surface area contributed by atoms with E-state index in [1.807, 2.05) is 27.9 Å². The molecule has 0 aliphatic heterocycles. The van der Waals surface area contributed by atoms with Crippen LogP contribution in [0.25, 0.3) is 5.57 Å². The lowest BCUT2D eigenvalue weighted by atomic mass is 9.90. The Morgan fingerprint density at radius 2 is 1.90 bits per heavy atom. The lowest BCUT2D eigenvalue weighted by Crippen LogP contribution is -2.29. The number of hydrogen-bond acceptors (Lipinski definition) is 2. The second-order valence-corrected chi connectivity index (χ2v) is 7.27. The number of hydrogen-bond donors (Lipinski definition) is 1. The molecule has 0 heterocycles. The SMILES string of the molecule is CC.CN(C)C1CC=C(c2cccc(NC(=O)c3ccc(F)cc3Cl)c2F)CC1. The second-order valence-electron chi connectivity index (χ2n) is 6.87. The first-order valence-electron chi connectivity index (χ1n) is 9.77. The number of amides is 1. The molecule has 1 N–H and O–H groups in total. The van der Waals surface area contributed by atoms with Crippen LogP contribution >= 0.6 is 11.6 Å². The zero-order chi connectivity index (χ0) is 21.6. The molecule has 0 aromatic heterocycles. The topological polar surface area (TPSA) is 32.3 Å². The van der Waals surface area contributed by atoms with Crippen molar-refractivity contribution in [1.29, 1.82) is 0 Å². The minimum absolute atomic E-state index is 0.0196. The maximum absolute atomic E-state index is 15.0. The monoisotopic (exact) mass is 420 g/mol. The lowest BCUT2D eigenvalue weighted by molar-refractivity contribution is 0.102. The van der Waals surface area contributed by atoms with Crippen LogP contribution < -0.4 is 5.32 Å². The summed E-state index contributed by atoms with van der Waals surface area (Å²) in [7, 11) is 4.08. The first-order chi connectivity index (χ1) is 13.9. The van der Waals surface area contributed by atoms with Crippen molar-refractivity contribution < 1.29 is 13.6 Å². The molecule has 0 spiro atoms. The molecule has 2 aromatic carbocycles. The van der Waals surface area contributed by atoms with Gasteiger partial charge in [-0.1, -0.05) is 43.7 Å². The summed E-state index contributed by atoms with van der Waals surface area (Å²) in [4.78, 5) is 14.6. The van der Waals surface area contributed by atoms with E-state index in [1.165, 1.54) is 12.1 Å². The predicted octanol–water partition coefficient (Wildman–Crippen LogP) is 6.39. The summed E-state index contributed by atoms with van der Waals surface area (Å²) in [5.41, 5.74) is 1.61. The molecule has 156 valence electrons. The molecule has 6 heteroatoms. The standard InChI is InChI=1S/C21H21ClF2N2O.C2H6/c1-26(2)15-9-6-13(7-10-15)16-4-3-5-19(20(16)24)25-21(27)17-11-8-14(23)12-18(17)22;1-2/h3-6,8,11-12,15H,7,9-10H2,1-2H3,(H,25,27);1-2H3. The summed E-state index contributed by atoms with van der Waals surface area (Å²) >= 11 is 5.91. The average molecular weight is 421 g/mol. The smallest absolute Gasteiger partial charge is 0.257 e. The third kappa shape index (κ3) is 5.64. The van der Waals surface area contributed by atoms with Gasteiger partial charge in [-0.05, 0) is 63.2 Å². The number of carbonyl (C=O) groups is 1. The van der Waals surface area contributed by atoms with Gasteiger partial charge < -0.3 is 10.2 Å². The quantitative estimate of drug-likeness (QED) is 0.621. The van der Waals surface area contributed by atoms with Gasteiger partial charge in [-0.15, -0.1) is 0 Å². The molecule has 0 fully saturated rings. The van der Waals surface area contributed by atoms with Crippen LogP contribution in [0.2, 0.25) is 5.02 Å². The summed E-state index contributed by atoms with van der Waals surface area (Å²) in [5.74, 6) is -1.59. The maximum atomic E-state index is 15.0. The highest BCUT2D eigenvalue weighted by Gasteiger charge is 2.21. The molecule has 2 aromatic rings. The first-order valence-corrected chi connectivity index (χ1v) is 10.2. The molecular formula is C23H27ClF2N2O. The molecule has 3 nitrogen and oxygen atoms in total. The highest BCUT2D eigenvalue weighted by atomic mass is 35.5. The maximum Gasteiger partial charge on any atom is 0.257 e. The molecule has 0 radical (unpaired) electrons. The van der Waals surface area contributed by atoms with Gasteiger partial charge in [0.1, 0.15) is 5.82 Å². The number of halogens is 3. The Hall–Kier alpha value is -2.24. The molecule has 29 heavy (non-hydrogen) atoms. The molecule has 0 bridgehead atoms. The Bertz CT molecular complexity index is 896. The van der Waals surface area contributed by atoms with E-state index < -0.39 is 17.5 Å². The van der Waals surface area contributed by atoms with E-state index in [4.69, 9.17) is 11.6 Å². The van der Waals surface area contributed by atoms with Gasteiger partial charge in [-0.25, -0.2) is 8.78 Å². The van der Waals surface area contributed by atoms with Crippen LogP contribution in [0.3, 0.4) is 0 Å². The van der Waals surface area contributed by atoms with Crippen LogP contribution in [0.5, 0.6) is 0 Å². The third-order valence-corrected chi connectivity index (χ3v) is 5.19. The van der Waals surface area contributed by atoms with Crippen LogP contribution in [0.1, 0.15) is 49.0 Å². The van der Waals surface area contributed by atoms with Crippen molar-refractivity contribution in [3.05, 3.63) is 70.3 Å². The minimum atomic E-state index is -0.582. The van der Waals surface area contributed by atoms with Crippen LogP contribution in [0.4, 0.5) is 14.5 Å². The first kappa shape index (κ1) is 23.0. The Kier molecular flexibility index (Phi) is 8.35. The Balaban J connectivity index is 0.00000145. The van der Waals surface area contributed by atoms with Crippen molar-refractivity contribution in [3.8, 4) is 0 Å². The van der Waals surface area contributed by atoms with Gasteiger partial charge >= 0.3 is 0 Å². The van der Waals surface area contributed by atoms with Crippen molar-refractivity contribution in [3.63, 3.8) is 0 Å².